The van der Waals surface area contributed by atoms with Crippen molar-refractivity contribution in [2.45, 2.75) is 13.1 Å². The van der Waals surface area contributed by atoms with Crippen LogP contribution in [0, 0.1) is 29.6 Å². The smallest absolute Gasteiger partial charge is 0.360 e. The number of anilines is 1. The number of aryl methyl sites for hydroxylation is 1. The number of imidazole rings is 1. The highest BCUT2D eigenvalue weighted by molar-refractivity contribution is 5.57. The Kier molecular flexibility index (Phi) is 4.37. The van der Waals surface area contributed by atoms with E-state index < -0.39 is 11.7 Å². The fourth-order valence-electron chi connectivity index (χ4n) is 1.81. The Morgan fingerprint density at radius 2 is 1.96 bits per heavy atom. The molecule has 2 aromatic rings. The molecule has 0 amide bonds. The zero-order chi connectivity index (χ0) is 17.0. The third kappa shape index (κ3) is 3.89. The van der Waals surface area contributed by atoms with Crippen LogP contribution in [0.4, 0.5) is 18.9 Å². The number of hydrogen-bond donors (Lipinski definition) is 1. The lowest BCUT2D eigenvalue weighted by Gasteiger charge is -2.12. The van der Waals surface area contributed by atoms with Crippen molar-refractivity contribution < 1.29 is 13.2 Å². The Bertz CT molecular complexity index is 818. The van der Waals surface area contributed by atoms with Crippen LogP contribution in [0.1, 0.15) is 11.3 Å². The van der Waals surface area contributed by atoms with Gasteiger partial charge in [0.25, 0.3) is 0 Å². The molecule has 1 aromatic heterocycles. The number of benzene rings is 1. The largest absolute Gasteiger partial charge is 0.416 e. The van der Waals surface area contributed by atoms with E-state index in [2.05, 4.69) is 10.3 Å². The lowest BCUT2D eigenvalue weighted by Crippen LogP contribution is -2.07. The number of nitriles is 2. The topological polar surface area (TPSA) is 77.4 Å². The summed E-state index contributed by atoms with van der Waals surface area (Å²) >= 11 is 0. The molecule has 8 heteroatoms. The molecule has 0 bridgehead atoms. The van der Waals surface area contributed by atoms with E-state index >= 15 is 0 Å². The van der Waals surface area contributed by atoms with E-state index in [9.17, 15) is 13.2 Å². The number of halogens is 3. The third-order valence-electron chi connectivity index (χ3n) is 2.88. The van der Waals surface area contributed by atoms with Crippen molar-refractivity contribution in [1.82, 2.24) is 9.55 Å². The number of rotatable bonds is 3. The zero-order valence-corrected chi connectivity index (χ0v) is 11.9. The fourth-order valence-corrected chi connectivity index (χ4v) is 1.81. The highest BCUT2D eigenvalue weighted by Crippen LogP contribution is 2.33. The molecule has 0 aliphatic heterocycles. The summed E-state index contributed by atoms with van der Waals surface area (Å²) in [5.74, 6) is 0. The molecule has 0 saturated heterocycles. The average Bonchev–Trinajstić information content (AvgIpc) is 2.94. The van der Waals surface area contributed by atoms with Crippen molar-refractivity contribution in [1.29, 1.82) is 10.5 Å². The predicted molar refractivity (Wildman–Crippen MR) is 76.2 cm³/mol. The summed E-state index contributed by atoms with van der Waals surface area (Å²) in [4.78, 5) is 3.98. The molecular weight excluding hydrogens is 307 g/mol. The SMILES string of the molecule is Cc1cn(-c2cc(NC=C(C#N)C#N)cc(C(F)(F)F)c2)cn1. The van der Waals surface area contributed by atoms with Crippen molar-refractivity contribution in [2.75, 3.05) is 5.32 Å². The van der Waals surface area contributed by atoms with E-state index in [0.29, 0.717) is 5.69 Å². The van der Waals surface area contributed by atoms with E-state index in [0.717, 1.165) is 18.3 Å². The van der Waals surface area contributed by atoms with Gasteiger partial charge in [-0.15, -0.1) is 0 Å². The molecule has 0 unspecified atom stereocenters. The van der Waals surface area contributed by atoms with Gasteiger partial charge in [0.2, 0.25) is 0 Å². The number of nitrogens with zero attached hydrogens (tertiary/aromatic N) is 4. The van der Waals surface area contributed by atoms with Crippen LogP contribution in [-0.2, 0) is 6.18 Å². The minimum Gasteiger partial charge on any atom is -0.360 e. The quantitative estimate of drug-likeness (QED) is 0.878. The molecule has 0 atom stereocenters. The third-order valence-corrected chi connectivity index (χ3v) is 2.88. The first kappa shape index (κ1) is 16.1. The lowest BCUT2D eigenvalue weighted by atomic mass is 10.1. The maximum absolute atomic E-state index is 13.0. The molecule has 1 heterocycles. The molecule has 0 saturated carbocycles. The van der Waals surface area contributed by atoms with Crippen LogP contribution < -0.4 is 5.32 Å². The van der Waals surface area contributed by atoms with Gasteiger partial charge in [0.05, 0.1) is 17.6 Å². The molecule has 2 rings (SSSR count). The summed E-state index contributed by atoms with van der Waals surface area (Å²) in [6.45, 7) is 1.72. The molecule has 0 aliphatic carbocycles. The van der Waals surface area contributed by atoms with Crippen LogP contribution in [0.15, 0.2) is 42.5 Å². The van der Waals surface area contributed by atoms with Crippen LogP contribution in [0.5, 0.6) is 0 Å². The lowest BCUT2D eigenvalue weighted by molar-refractivity contribution is -0.137. The van der Waals surface area contributed by atoms with Crippen LogP contribution in [-0.4, -0.2) is 9.55 Å². The normalized spacial score (nSPS) is 10.5. The van der Waals surface area contributed by atoms with Crippen molar-refractivity contribution >= 4 is 5.69 Å². The van der Waals surface area contributed by atoms with Gasteiger partial charge in [0.1, 0.15) is 17.7 Å². The number of aromatic nitrogens is 2. The monoisotopic (exact) mass is 317 g/mol. The van der Waals surface area contributed by atoms with Gasteiger partial charge in [-0.05, 0) is 25.1 Å². The van der Waals surface area contributed by atoms with Gasteiger partial charge < -0.3 is 9.88 Å². The average molecular weight is 317 g/mol. The minimum absolute atomic E-state index is 0.101. The standard InChI is InChI=1S/C15H10F3N5/c1-10-8-23(9-22-10)14-3-12(15(16,17)18)2-13(4-14)21-7-11(5-19)6-20/h2-4,7-9,21H,1H3. The van der Waals surface area contributed by atoms with Crippen LogP contribution >= 0.6 is 0 Å². The summed E-state index contributed by atoms with van der Waals surface area (Å²) < 4.78 is 40.5. The summed E-state index contributed by atoms with van der Waals surface area (Å²) in [5, 5.41) is 19.8. The number of hydrogen-bond acceptors (Lipinski definition) is 4. The van der Waals surface area contributed by atoms with Crippen molar-refractivity contribution in [2.24, 2.45) is 0 Å². The predicted octanol–water partition coefficient (Wildman–Crippen LogP) is 3.54. The number of allylic oxidation sites excluding steroid dienone is 1. The van der Waals surface area contributed by atoms with Crippen LogP contribution in [0.3, 0.4) is 0 Å². The van der Waals surface area contributed by atoms with Gasteiger partial charge in [-0.2, -0.15) is 23.7 Å². The van der Waals surface area contributed by atoms with Gasteiger partial charge >= 0.3 is 6.18 Å². The molecule has 0 fully saturated rings. The van der Waals surface area contributed by atoms with E-state index in [1.54, 1.807) is 25.3 Å². The van der Waals surface area contributed by atoms with Crippen LogP contribution in [0.2, 0.25) is 0 Å². The second-order valence-electron chi connectivity index (χ2n) is 4.61. The maximum Gasteiger partial charge on any atom is 0.416 e. The molecule has 1 aromatic carbocycles. The molecular formula is C15H10F3N5. The van der Waals surface area contributed by atoms with Crippen molar-refractivity contribution in [3.63, 3.8) is 0 Å². The zero-order valence-electron chi connectivity index (χ0n) is 11.9. The molecule has 5 nitrogen and oxygen atoms in total. The molecule has 116 valence electrons. The number of nitrogens with one attached hydrogen (secondary N) is 1. The molecule has 23 heavy (non-hydrogen) atoms. The van der Waals surface area contributed by atoms with Gasteiger partial charge in [0.15, 0.2) is 0 Å². The second-order valence-corrected chi connectivity index (χ2v) is 4.61. The summed E-state index contributed by atoms with van der Waals surface area (Å²) in [7, 11) is 0. The molecule has 0 aliphatic rings. The van der Waals surface area contributed by atoms with E-state index in [4.69, 9.17) is 10.5 Å². The van der Waals surface area contributed by atoms with E-state index in [1.807, 2.05) is 0 Å². The Labute approximate surface area is 129 Å². The van der Waals surface area contributed by atoms with Gasteiger partial charge in [-0.1, -0.05) is 0 Å². The van der Waals surface area contributed by atoms with Crippen molar-refractivity contribution in [3.8, 4) is 17.8 Å². The van der Waals surface area contributed by atoms with Crippen LogP contribution in [0.25, 0.3) is 5.69 Å². The minimum atomic E-state index is -4.53. The first-order valence-corrected chi connectivity index (χ1v) is 6.33. The Balaban J connectivity index is 2.49. The fraction of sp³-hybridized carbons (Fsp3) is 0.133. The Morgan fingerprint density at radius 3 is 2.48 bits per heavy atom. The maximum atomic E-state index is 13.0. The summed E-state index contributed by atoms with van der Waals surface area (Å²) in [6.07, 6.45) is -0.483. The Hall–Kier alpha value is -3.26. The first-order valence-electron chi connectivity index (χ1n) is 6.33. The van der Waals surface area contributed by atoms with Gasteiger partial charge in [-0.3, -0.25) is 0 Å². The number of alkyl halides is 3. The van der Waals surface area contributed by atoms with Crippen molar-refractivity contribution in [3.05, 3.63) is 53.8 Å². The summed E-state index contributed by atoms with van der Waals surface area (Å²) in [6, 6.07) is 6.58. The molecule has 0 spiro atoms. The van der Waals surface area contributed by atoms with E-state index in [-0.39, 0.29) is 16.9 Å². The highest BCUT2D eigenvalue weighted by Gasteiger charge is 2.31. The molecule has 1 N–H and O–H groups in total. The highest BCUT2D eigenvalue weighted by atomic mass is 19.4. The first-order chi connectivity index (χ1) is 10.8. The van der Waals surface area contributed by atoms with E-state index in [1.165, 1.54) is 17.0 Å². The van der Waals surface area contributed by atoms with Gasteiger partial charge in [0, 0.05) is 23.8 Å². The second kappa shape index (κ2) is 6.24. The summed E-state index contributed by atoms with van der Waals surface area (Å²) in [5.41, 5.74) is -0.0841. The molecule has 0 radical (unpaired) electrons. The van der Waals surface area contributed by atoms with Gasteiger partial charge in [-0.25, -0.2) is 4.98 Å². The Morgan fingerprint density at radius 1 is 1.26 bits per heavy atom.